The monoisotopic (exact) mass is 532 g/mol. The third-order valence-electron chi connectivity index (χ3n) is 2.54. The van der Waals surface area contributed by atoms with Gasteiger partial charge in [-0.1, -0.05) is 0 Å². The Labute approximate surface area is 173 Å². The summed E-state index contributed by atoms with van der Waals surface area (Å²) in [4.78, 5) is 0. The predicted molar refractivity (Wildman–Crippen MR) is 126 cm³/mol. The van der Waals surface area contributed by atoms with Gasteiger partial charge in [-0.15, -0.1) is 0 Å². The van der Waals surface area contributed by atoms with Gasteiger partial charge in [-0.3, -0.25) is 0 Å². The molecule has 0 amide bonds. The quantitative estimate of drug-likeness (QED) is 0.274. The van der Waals surface area contributed by atoms with E-state index in [2.05, 4.69) is 89.4 Å². The van der Waals surface area contributed by atoms with Crippen molar-refractivity contribution in [1.82, 2.24) is 0 Å². The number of hydrogen-bond acceptors (Lipinski definition) is 1. The van der Waals surface area contributed by atoms with E-state index >= 15 is 0 Å². The van der Waals surface area contributed by atoms with Gasteiger partial charge in [0.2, 0.25) is 0 Å². The minimum atomic E-state index is -3.53. The minimum Gasteiger partial charge on any atom is -0.00840 e. The Bertz CT molecular complexity index is 495. The molecule has 0 fully saturated rings. The molecule has 1 aromatic carbocycles. The third-order valence-corrected chi connectivity index (χ3v) is 4.72. The molecule has 0 bridgehead atoms. The summed E-state index contributed by atoms with van der Waals surface area (Å²) in [7, 11) is 18.2. The van der Waals surface area contributed by atoms with Crippen LogP contribution >= 0.6 is 44.1 Å². The molecule has 0 aliphatic carbocycles. The van der Waals surface area contributed by atoms with Gasteiger partial charge >= 0.3 is 119 Å². The molecule has 1 rings (SSSR count). The van der Waals surface area contributed by atoms with Gasteiger partial charge in [0.15, 0.2) is 0 Å². The summed E-state index contributed by atoms with van der Waals surface area (Å²) in [5.41, 5.74) is 3.22. The van der Waals surface area contributed by atoms with Crippen LogP contribution in [0.5, 0.6) is 0 Å². The zero-order valence-electron chi connectivity index (χ0n) is 17.4. The van der Waals surface area contributed by atoms with E-state index in [4.69, 9.17) is 28.3 Å². The summed E-state index contributed by atoms with van der Waals surface area (Å²) >= 11 is -3.53. The largest absolute Gasteiger partial charge is 0.0461 e. The van der Waals surface area contributed by atoms with Gasteiger partial charge in [-0.25, -0.2) is 0 Å². The van der Waals surface area contributed by atoms with Crippen molar-refractivity contribution in [2.24, 2.45) is 3.50 Å². The van der Waals surface area contributed by atoms with E-state index in [-0.39, 0.29) is 15.8 Å². The molecule has 0 aromatic heterocycles. The molecule has 0 heterocycles. The zero-order chi connectivity index (χ0) is 20.4. The molecule has 0 radical (unpaired) electrons. The number of hydrogen-bond donors (Lipinski definition) is 0. The second-order valence-corrected chi connectivity index (χ2v) is 26.6. The van der Waals surface area contributed by atoms with E-state index in [1.165, 1.54) is 0 Å². The van der Waals surface area contributed by atoms with Crippen molar-refractivity contribution in [2.75, 3.05) is 40.0 Å². The molecule has 0 saturated carbocycles. The number of rotatable bonds is 3. The van der Waals surface area contributed by atoms with E-state index < -0.39 is 12.8 Å². The topological polar surface area (TPSA) is 12.4 Å². The Morgan fingerprint density at radius 2 is 1.04 bits per heavy atom. The van der Waals surface area contributed by atoms with E-state index in [9.17, 15) is 0 Å². The normalized spacial score (nSPS) is 11.2. The minimum absolute atomic E-state index is 0.120. The standard InChI is InChI=1S/C12H17N.2C3H9P.3ClH.Mo/c1-8(2)10-6-5-7-11(9(3)4)12(10)13;2*1-4(2)3;;;;/h5-9H,1-4H3;2*1-3H3;3*1H;/q;;;;;;+3/p-1. The SMILES string of the molecule is CC(C)c1cccc(C(C)C)c1[N]=[Mo]([Cl])([Cl])[Cl].C[PH+](C)C.C[PH+](C)C. The summed E-state index contributed by atoms with van der Waals surface area (Å²) in [5, 5.41) is 0. The number of benzene rings is 1. The summed E-state index contributed by atoms with van der Waals surface area (Å²) in [6.07, 6.45) is 0. The summed E-state index contributed by atoms with van der Waals surface area (Å²) in [6, 6.07) is 6.18. The molecule has 1 nitrogen and oxygen atoms in total. The fraction of sp³-hybridized carbons (Fsp3) is 0.667. The van der Waals surface area contributed by atoms with Gasteiger partial charge in [0, 0.05) is 40.0 Å². The van der Waals surface area contributed by atoms with Gasteiger partial charge in [-0.2, -0.15) is 0 Å². The molecule has 7 heteroatoms. The first-order chi connectivity index (χ1) is 11.2. The second-order valence-electron chi connectivity index (χ2n) is 7.57. The van der Waals surface area contributed by atoms with Crippen LogP contribution in [-0.2, 0) is 12.8 Å². The summed E-state index contributed by atoms with van der Waals surface area (Å²) in [5.74, 6) is 0.755. The zero-order valence-corrected chi connectivity index (χ0v) is 23.7. The number of halogens is 3. The molecule has 0 N–H and O–H groups in total. The maximum absolute atomic E-state index is 5.98. The van der Waals surface area contributed by atoms with E-state index in [0.717, 1.165) is 16.8 Å². The molecule has 0 spiro atoms. The Morgan fingerprint density at radius 3 is 1.24 bits per heavy atom. The number of nitrogens with zero attached hydrogens (tertiary/aromatic N) is 1. The van der Waals surface area contributed by atoms with Crippen LogP contribution in [0.15, 0.2) is 21.7 Å². The fourth-order valence-corrected chi connectivity index (χ4v) is 3.97. The van der Waals surface area contributed by atoms with Gasteiger partial charge in [0.05, 0.1) is 0 Å². The van der Waals surface area contributed by atoms with Crippen molar-refractivity contribution >= 4 is 49.8 Å². The van der Waals surface area contributed by atoms with Crippen molar-refractivity contribution in [2.45, 2.75) is 39.5 Å². The van der Waals surface area contributed by atoms with Crippen LogP contribution in [0.1, 0.15) is 50.7 Å². The van der Waals surface area contributed by atoms with Crippen LogP contribution in [0.25, 0.3) is 0 Å². The van der Waals surface area contributed by atoms with Gasteiger partial charge in [0.25, 0.3) is 0 Å². The van der Waals surface area contributed by atoms with Gasteiger partial charge < -0.3 is 0 Å². The fourth-order valence-electron chi connectivity index (χ4n) is 1.72. The maximum Gasteiger partial charge on any atom is 0.0461 e. The van der Waals surface area contributed by atoms with Crippen molar-refractivity contribution < 1.29 is 12.8 Å². The van der Waals surface area contributed by atoms with Crippen LogP contribution in [0.3, 0.4) is 0 Å². The molecular weight excluding hydrogens is 494 g/mol. The van der Waals surface area contributed by atoms with Crippen LogP contribution in [0, 0.1) is 0 Å². The van der Waals surface area contributed by atoms with Crippen molar-refractivity contribution in [3.8, 4) is 0 Å². The first-order valence-electron chi connectivity index (χ1n) is 8.50. The molecule has 1 aromatic rings. The van der Waals surface area contributed by atoms with Crippen LogP contribution in [-0.4, -0.2) is 40.0 Å². The average Bonchev–Trinajstić information content (AvgIpc) is 2.34. The smallest absolute Gasteiger partial charge is 0.00840 e. The molecule has 0 aliphatic rings. The molecule has 149 valence electrons. The van der Waals surface area contributed by atoms with Gasteiger partial charge in [0.1, 0.15) is 0 Å². The molecular formula is C18H37Cl3MoNP2+2. The van der Waals surface area contributed by atoms with Gasteiger partial charge in [-0.05, 0) is 15.8 Å². The Balaban J connectivity index is 0. The van der Waals surface area contributed by atoms with Crippen molar-refractivity contribution in [3.05, 3.63) is 29.3 Å². The summed E-state index contributed by atoms with van der Waals surface area (Å²) < 4.78 is 4.42. The van der Waals surface area contributed by atoms with Crippen molar-refractivity contribution in [3.63, 3.8) is 0 Å². The maximum atomic E-state index is 5.98. The van der Waals surface area contributed by atoms with E-state index in [1.54, 1.807) is 0 Å². The molecule has 0 saturated heterocycles. The molecule has 0 aliphatic heterocycles. The average molecular weight is 532 g/mol. The second kappa shape index (κ2) is 14.4. The third kappa shape index (κ3) is 17.3. The van der Waals surface area contributed by atoms with Crippen LogP contribution < -0.4 is 0 Å². The molecule has 0 unspecified atom stereocenters. The van der Waals surface area contributed by atoms with Crippen molar-refractivity contribution in [1.29, 1.82) is 0 Å². The Hall–Kier alpha value is 1.44. The predicted octanol–water partition coefficient (Wildman–Crippen LogP) is 8.54. The first-order valence-corrected chi connectivity index (χ1v) is 23.2. The summed E-state index contributed by atoms with van der Waals surface area (Å²) in [6.45, 7) is 22.1. The Kier molecular flexibility index (Phi) is 16.5. The van der Waals surface area contributed by atoms with E-state index in [0.29, 0.717) is 11.8 Å². The van der Waals surface area contributed by atoms with Crippen LogP contribution in [0.4, 0.5) is 5.69 Å². The first kappa shape index (κ1) is 28.6. The van der Waals surface area contributed by atoms with E-state index in [1.807, 2.05) is 0 Å². The molecule has 0 atom stereocenters. The molecule has 25 heavy (non-hydrogen) atoms. The van der Waals surface area contributed by atoms with Crippen LogP contribution in [0.2, 0.25) is 0 Å². The Morgan fingerprint density at radius 1 is 0.760 bits per heavy atom.